The van der Waals surface area contributed by atoms with Gasteiger partial charge in [-0.05, 0) is 25.3 Å². The molecule has 0 N–H and O–H groups in total. The summed E-state index contributed by atoms with van der Waals surface area (Å²) >= 11 is 0. The molecule has 29 heavy (non-hydrogen) atoms. The SMILES string of the molecule is CCC(C)N=C1OC(c2ccccc2)(c2ccccc2)C1(CC)c1ccccc1. The lowest BCUT2D eigenvalue weighted by atomic mass is 9.56. The predicted molar refractivity (Wildman–Crippen MR) is 120 cm³/mol. The predicted octanol–water partition coefficient (Wildman–Crippen LogP) is 6.51. The van der Waals surface area contributed by atoms with E-state index in [2.05, 4.69) is 112 Å². The molecule has 2 atom stereocenters. The van der Waals surface area contributed by atoms with Gasteiger partial charge in [0, 0.05) is 11.1 Å². The third-order valence-corrected chi connectivity index (χ3v) is 6.30. The topological polar surface area (TPSA) is 21.6 Å². The van der Waals surface area contributed by atoms with Crippen LogP contribution in [0.1, 0.15) is 50.3 Å². The Hall–Kier alpha value is -2.87. The van der Waals surface area contributed by atoms with Crippen LogP contribution in [0, 0.1) is 0 Å². The van der Waals surface area contributed by atoms with E-state index in [0.717, 1.165) is 18.7 Å². The Morgan fingerprint density at radius 3 is 1.59 bits per heavy atom. The van der Waals surface area contributed by atoms with Crippen LogP contribution in [-0.4, -0.2) is 11.9 Å². The quantitative estimate of drug-likeness (QED) is 0.476. The molecule has 1 aliphatic rings. The van der Waals surface area contributed by atoms with Gasteiger partial charge >= 0.3 is 0 Å². The molecule has 1 heterocycles. The highest BCUT2D eigenvalue weighted by atomic mass is 16.5. The minimum atomic E-state index is -0.599. The molecule has 0 aliphatic carbocycles. The highest BCUT2D eigenvalue weighted by Gasteiger charge is 2.68. The summed E-state index contributed by atoms with van der Waals surface area (Å²) in [6.45, 7) is 6.58. The van der Waals surface area contributed by atoms with Crippen molar-refractivity contribution in [1.29, 1.82) is 0 Å². The standard InChI is InChI=1S/C27H29NO/c1-4-21(3)28-25-26(5-2,22-15-9-6-10-16-22)27(29-25,23-17-11-7-12-18-23)24-19-13-8-14-20-24/h6-21H,4-5H2,1-3H3. The van der Waals surface area contributed by atoms with E-state index in [0.29, 0.717) is 0 Å². The Labute approximate surface area is 174 Å². The van der Waals surface area contributed by atoms with E-state index in [1.165, 1.54) is 16.7 Å². The Bertz CT molecular complexity index is 926. The Balaban J connectivity index is 2.03. The smallest absolute Gasteiger partial charge is 0.200 e. The van der Waals surface area contributed by atoms with Crippen molar-refractivity contribution in [1.82, 2.24) is 0 Å². The second kappa shape index (κ2) is 7.87. The lowest BCUT2D eigenvalue weighted by Crippen LogP contribution is -2.68. The van der Waals surface area contributed by atoms with Crippen LogP contribution >= 0.6 is 0 Å². The van der Waals surface area contributed by atoms with Crippen molar-refractivity contribution < 1.29 is 4.74 Å². The van der Waals surface area contributed by atoms with E-state index in [-0.39, 0.29) is 11.5 Å². The zero-order valence-corrected chi connectivity index (χ0v) is 17.5. The van der Waals surface area contributed by atoms with Crippen LogP contribution in [-0.2, 0) is 15.8 Å². The van der Waals surface area contributed by atoms with E-state index < -0.39 is 5.60 Å². The second-order valence-electron chi connectivity index (χ2n) is 7.83. The first-order valence-corrected chi connectivity index (χ1v) is 10.6. The molecule has 2 unspecified atom stereocenters. The molecule has 0 spiro atoms. The van der Waals surface area contributed by atoms with Crippen molar-refractivity contribution in [2.45, 2.75) is 50.7 Å². The summed E-state index contributed by atoms with van der Waals surface area (Å²) in [5.74, 6) is 0.855. The summed E-state index contributed by atoms with van der Waals surface area (Å²) < 4.78 is 6.78. The molecule has 1 saturated heterocycles. The van der Waals surface area contributed by atoms with Gasteiger partial charge in [0.1, 0.15) is 5.41 Å². The summed E-state index contributed by atoms with van der Waals surface area (Å²) in [6, 6.07) is 32.2. The van der Waals surface area contributed by atoms with Gasteiger partial charge in [0.05, 0.1) is 6.04 Å². The largest absolute Gasteiger partial charge is 0.462 e. The van der Waals surface area contributed by atoms with Crippen molar-refractivity contribution in [2.75, 3.05) is 0 Å². The van der Waals surface area contributed by atoms with Gasteiger partial charge in [0.15, 0.2) is 5.60 Å². The second-order valence-corrected chi connectivity index (χ2v) is 7.83. The van der Waals surface area contributed by atoms with E-state index >= 15 is 0 Å². The number of ether oxygens (including phenoxy) is 1. The average Bonchev–Trinajstić information content (AvgIpc) is 2.78. The summed E-state index contributed by atoms with van der Waals surface area (Å²) in [6.07, 6.45) is 1.89. The number of hydrogen-bond acceptors (Lipinski definition) is 2. The number of rotatable bonds is 6. The van der Waals surface area contributed by atoms with Crippen molar-refractivity contribution >= 4 is 5.90 Å². The van der Waals surface area contributed by atoms with Crippen molar-refractivity contribution in [2.24, 2.45) is 4.99 Å². The minimum Gasteiger partial charge on any atom is -0.462 e. The average molecular weight is 384 g/mol. The number of aliphatic imine (C=N–C) groups is 1. The van der Waals surface area contributed by atoms with E-state index in [4.69, 9.17) is 9.73 Å². The van der Waals surface area contributed by atoms with Crippen LogP contribution in [0.3, 0.4) is 0 Å². The minimum absolute atomic E-state index is 0.226. The van der Waals surface area contributed by atoms with Crippen molar-refractivity contribution in [3.8, 4) is 0 Å². The maximum Gasteiger partial charge on any atom is 0.200 e. The number of benzene rings is 3. The molecule has 0 bridgehead atoms. The lowest BCUT2D eigenvalue weighted by molar-refractivity contribution is -0.0575. The first-order chi connectivity index (χ1) is 14.2. The van der Waals surface area contributed by atoms with Gasteiger partial charge in [-0.25, -0.2) is 0 Å². The molecule has 0 aromatic heterocycles. The van der Waals surface area contributed by atoms with Gasteiger partial charge in [0.25, 0.3) is 0 Å². The van der Waals surface area contributed by atoms with Crippen molar-refractivity contribution in [3.63, 3.8) is 0 Å². The summed E-state index contributed by atoms with van der Waals surface area (Å²) in [4.78, 5) is 5.04. The fourth-order valence-corrected chi connectivity index (χ4v) is 4.63. The summed E-state index contributed by atoms with van der Waals surface area (Å²) in [5.41, 5.74) is 2.64. The zero-order chi connectivity index (χ0) is 20.3. The molecule has 3 aromatic carbocycles. The third kappa shape index (κ3) is 2.90. The van der Waals surface area contributed by atoms with Crippen LogP contribution in [0.2, 0.25) is 0 Å². The maximum absolute atomic E-state index is 6.78. The number of nitrogens with zero attached hydrogens (tertiary/aromatic N) is 1. The maximum atomic E-state index is 6.78. The molecular formula is C27H29NO. The molecule has 2 heteroatoms. The summed E-state index contributed by atoms with van der Waals surface area (Å²) in [5, 5.41) is 0. The molecule has 3 aromatic rings. The third-order valence-electron chi connectivity index (χ3n) is 6.30. The summed E-state index contributed by atoms with van der Waals surface area (Å²) in [7, 11) is 0. The fraction of sp³-hybridized carbons (Fsp3) is 0.296. The van der Waals surface area contributed by atoms with Crippen LogP contribution < -0.4 is 0 Å². The Morgan fingerprint density at radius 2 is 1.17 bits per heavy atom. The molecule has 0 radical (unpaired) electrons. The van der Waals surface area contributed by atoms with E-state index in [1.54, 1.807) is 0 Å². The van der Waals surface area contributed by atoms with Gasteiger partial charge in [-0.3, -0.25) is 4.99 Å². The van der Waals surface area contributed by atoms with Gasteiger partial charge in [-0.2, -0.15) is 0 Å². The molecule has 0 saturated carbocycles. The highest BCUT2D eigenvalue weighted by molar-refractivity contribution is 5.98. The molecule has 148 valence electrons. The molecule has 1 fully saturated rings. The molecule has 2 nitrogen and oxygen atoms in total. The van der Waals surface area contributed by atoms with E-state index in [1.807, 2.05) is 0 Å². The van der Waals surface area contributed by atoms with Crippen LogP contribution in [0.4, 0.5) is 0 Å². The normalized spacial score (nSPS) is 22.5. The van der Waals surface area contributed by atoms with Crippen LogP contribution in [0.25, 0.3) is 0 Å². The van der Waals surface area contributed by atoms with Gasteiger partial charge in [-0.15, -0.1) is 0 Å². The van der Waals surface area contributed by atoms with E-state index in [9.17, 15) is 0 Å². The fourth-order valence-electron chi connectivity index (χ4n) is 4.63. The first kappa shape index (κ1) is 19.4. The Morgan fingerprint density at radius 1 is 0.724 bits per heavy atom. The first-order valence-electron chi connectivity index (χ1n) is 10.6. The molecular weight excluding hydrogens is 354 g/mol. The van der Waals surface area contributed by atoms with Crippen LogP contribution in [0.5, 0.6) is 0 Å². The van der Waals surface area contributed by atoms with Gasteiger partial charge < -0.3 is 4.74 Å². The molecule has 0 amide bonds. The lowest BCUT2D eigenvalue weighted by Gasteiger charge is -2.60. The molecule has 1 aliphatic heterocycles. The Kier molecular flexibility index (Phi) is 5.27. The zero-order valence-electron chi connectivity index (χ0n) is 17.5. The molecule has 4 rings (SSSR count). The highest BCUT2D eigenvalue weighted by Crippen LogP contribution is 2.60. The van der Waals surface area contributed by atoms with Gasteiger partial charge in [0.2, 0.25) is 5.90 Å². The monoisotopic (exact) mass is 383 g/mol. The van der Waals surface area contributed by atoms with Crippen molar-refractivity contribution in [3.05, 3.63) is 108 Å². The van der Waals surface area contributed by atoms with Gasteiger partial charge in [-0.1, -0.05) is 105 Å². The van der Waals surface area contributed by atoms with Crippen LogP contribution in [0.15, 0.2) is 96.0 Å². The number of hydrogen-bond donors (Lipinski definition) is 0.